The van der Waals surface area contributed by atoms with E-state index in [2.05, 4.69) is 17.6 Å². The first kappa shape index (κ1) is 18.3. The van der Waals surface area contributed by atoms with E-state index in [1.807, 2.05) is 67.3 Å². The van der Waals surface area contributed by atoms with E-state index in [0.717, 1.165) is 42.3 Å². The zero-order valence-corrected chi connectivity index (χ0v) is 15.7. The molecule has 5 heteroatoms. The van der Waals surface area contributed by atoms with E-state index >= 15 is 0 Å². The maximum absolute atomic E-state index is 13.0. The topological polar surface area (TPSA) is 53.6 Å². The monoisotopic (exact) mass is 353 g/mol. The van der Waals surface area contributed by atoms with E-state index in [0.29, 0.717) is 6.54 Å². The van der Waals surface area contributed by atoms with Crippen molar-refractivity contribution in [1.82, 2.24) is 5.32 Å². The summed E-state index contributed by atoms with van der Waals surface area (Å²) in [5, 5.41) is 6.71. The number of rotatable bonds is 7. The minimum Gasteiger partial charge on any atom is -0.474 e. The number of anilines is 2. The smallest absolute Gasteiger partial charge is 0.271 e. The molecule has 1 aliphatic rings. The Bertz CT molecular complexity index is 759. The number of likely N-dealkylation sites (N-methyl/N-ethyl adjacent to an activating group) is 1. The van der Waals surface area contributed by atoms with Crippen LogP contribution in [0.2, 0.25) is 0 Å². The van der Waals surface area contributed by atoms with Crippen LogP contribution >= 0.6 is 0 Å². The van der Waals surface area contributed by atoms with Crippen LogP contribution in [-0.2, 0) is 11.3 Å². The van der Waals surface area contributed by atoms with E-state index in [-0.39, 0.29) is 5.91 Å². The molecule has 0 fully saturated rings. The number of hydrogen-bond acceptors (Lipinski definition) is 4. The molecule has 5 nitrogen and oxygen atoms in total. The quantitative estimate of drug-likeness (QED) is 0.749. The van der Waals surface area contributed by atoms with Gasteiger partial charge < -0.3 is 20.3 Å². The summed E-state index contributed by atoms with van der Waals surface area (Å²) in [6.45, 7) is 8.87. The summed E-state index contributed by atoms with van der Waals surface area (Å²) in [6.07, 6.45) is 0. The lowest BCUT2D eigenvalue weighted by Crippen LogP contribution is -2.52. The fourth-order valence-corrected chi connectivity index (χ4v) is 3.10. The largest absolute Gasteiger partial charge is 0.474 e. The molecule has 138 valence electrons. The molecule has 2 aromatic rings. The molecule has 0 spiro atoms. The first-order chi connectivity index (χ1) is 12.5. The van der Waals surface area contributed by atoms with E-state index < -0.39 is 5.60 Å². The number of fused-ring (bicyclic) bond motifs is 1. The van der Waals surface area contributed by atoms with Gasteiger partial charge in [0, 0.05) is 13.1 Å². The summed E-state index contributed by atoms with van der Waals surface area (Å²) in [6, 6.07) is 15.9. The van der Waals surface area contributed by atoms with Gasteiger partial charge in [0.05, 0.1) is 17.9 Å². The van der Waals surface area contributed by atoms with Crippen molar-refractivity contribution in [3.8, 4) is 5.75 Å². The summed E-state index contributed by atoms with van der Waals surface area (Å²) in [7, 11) is 0. The van der Waals surface area contributed by atoms with Gasteiger partial charge in [0.2, 0.25) is 0 Å². The van der Waals surface area contributed by atoms with Crippen LogP contribution in [0.1, 0.15) is 26.3 Å². The number of nitrogens with zero attached hydrogens (tertiary/aromatic N) is 1. The van der Waals surface area contributed by atoms with Gasteiger partial charge in [-0.2, -0.15) is 0 Å². The minimum absolute atomic E-state index is 0.0290. The maximum Gasteiger partial charge on any atom is 0.271 e. The molecule has 1 amide bonds. The SMILES string of the molecule is CCNCCNc1cccc2c1OC(C)(C)C(=O)N2Cc1ccccc1. The van der Waals surface area contributed by atoms with Crippen molar-refractivity contribution in [2.75, 3.05) is 29.9 Å². The second-order valence-electron chi connectivity index (χ2n) is 6.92. The van der Waals surface area contributed by atoms with Crippen LogP contribution in [0.15, 0.2) is 48.5 Å². The lowest BCUT2D eigenvalue weighted by molar-refractivity contribution is -0.132. The van der Waals surface area contributed by atoms with Gasteiger partial charge in [0.15, 0.2) is 11.4 Å². The Balaban J connectivity index is 1.91. The normalized spacial score (nSPS) is 15.3. The number of amides is 1. The molecule has 2 aromatic carbocycles. The van der Waals surface area contributed by atoms with Crippen LogP contribution in [-0.4, -0.2) is 31.1 Å². The molecule has 0 atom stereocenters. The average molecular weight is 353 g/mol. The van der Waals surface area contributed by atoms with E-state index in [1.54, 1.807) is 0 Å². The molecule has 3 rings (SSSR count). The Labute approximate surface area is 155 Å². The van der Waals surface area contributed by atoms with E-state index in [4.69, 9.17) is 4.74 Å². The Morgan fingerprint density at radius 1 is 1.04 bits per heavy atom. The van der Waals surface area contributed by atoms with Crippen LogP contribution in [0, 0.1) is 0 Å². The van der Waals surface area contributed by atoms with Crippen molar-refractivity contribution in [3.05, 3.63) is 54.1 Å². The van der Waals surface area contributed by atoms with Crippen LogP contribution in [0.3, 0.4) is 0 Å². The molecule has 0 aromatic heterocycles. The number of carbonyl (C=O) groups excluding carboxylic acids is 1. The lowest BCUT2D eigenvalue weighted by Gasteiger charge is -2.39. The summed E-state index contributed by atoms with van der Waals surface area (Å²) >= 11 is 0. The van der Waals surface area contributed by atoms with Crippen LogP contribution in [0.25, 0.3) is 0 Å². The number of benzene rings is 2. The van der Waals surface area contributed by atoms with Gasteiger partial charge in [-0.25, -0.2) is 0 Å². The molecule has 0 saturated heterocycles. The van der Waals surface area contributed by atoms with Gasteiger partial charge in [-0.15, -0.1) is 0 Å². The fraction of sp³-hybridized carbons (Fsp3) is 0.381. The fourth-order valence-electron chi connectivity index (χ4n) is 3.10. The standard InChI is InChI=1S/C21H27N3O2/c1-4-22-13-14-23-17-11-8-12-18-19(17)26-21(2,3)20(25)24(18)15-16-9-6-5-7-10-16/h5-12,22-23H,4,13-15H2,1-3H3. The van der Waals surface area contributed by atoms with Gasteiger partial charge in [-0.05, 0) is 38.1 Å². The molecular formula is C21H27N3O2. The van der Waals surface area contributed by atoms with Crippen molar-refractivity contribution in [2.45, 2.75) is 32.9 Å². The molecule has 0 unspecified atom stereocenters. The molecule has 26 heavy (non-hydrogen) atoms. The molecule has 1 heterocycles. The molecular weight excluding hydrogens is 326 g/mol. The predicted molar refractivity (Wildman–Crippen MR) is 106 cm³/mol. The van der Waals surface area contributed by atoms with Gasteiger partial charge in [-0.1, -0.05) is 43.3 Å². The molecule has 0 radical (unpaired) electrons. The lowest BCUT2D eigenvalue weighted by atomic mass is 10.0. The summed E-state index contributed by atoms with van der Waals surface area (Å²) < 4.78 is 6.11. The molecule has 0 aliphatic carbocycles. The summed E-state index contributed by atoms with van der Waals surface area (Å²) in [4.78, 5) is 14.8. The first-order valence-electron chi connectivity index (χ1n) is 9.15. The molecule has 2 N–H and O–H groups in total. The third-order valence-electron chi connectivity index (χ3n) is 4.45. The van der Waals surface area contributed by atoms with Crippen molar-refractivity contribution >= 4 is 17.3 Å². The molecule has 0 saturated carbocycles. The van der Waals surface area contributed by atoms with Crippen LogP contribution in [0.4, 0.5) is 11.4 Å². The highest BCUT2D eigenvalue weighted by atomic mass is 16.5. The number of hydrogen-bond donors (Lipinski definition) is 2. The second-order valence-corrected chi connectivity index (χ2v) is 6.92. The van der Waals surface area contributed by atoms with Gasteiger partial charge in [0.25, 0.3) is 5.91 Å². The number of carbonyl (C=O) groups is 1. The third-order valence-corrected chi connectivity index (χ3v) is 4.45. The maximum atomic E-state index is 13.0. The zero-order valence-electron chi connectivity index (χ0n) is 15.7. The zero-order chi connectivity index (χ0) is 18.6. The first-order valence-corrected chi connectivity index (χ1v) is 9.15. The van der Waals surface area contributed by atoms with Crippen LogP contribution in [0.5, 0.6) is 5.75 Å². The third kappa shape index (κ3) is 3.83. The number of nitrogens with one attached hydrogen (secondary N) is 2. The van der Waals surface area contributed by atoms with Crippen molar-refractivity contribution in [3.63, 3.8) is 0 Å². The summed E-state index contributed by atoms with van der Waals surface area (Å²) in [5.41, 5.74) is 1.92. The van der Waals surface area contributed by atoms with Crippen molar-refractivity contribution in [1.29, 1.82) is 0 Å². The van der Waals surface area contributed by atoms with Crippen molar-refractivity contribution < 1.29 is 9.53 Å². The van der Waals surface area contributed by atoms with E-state index in [9.17, 15) is 4.79 Å². The van der Waals surface area contributed by atoms with Crippen molar-refractivity contribution in [2.24, 2.45) is 0 Å². The average Bonchev–Trinajstić information content (AvgIpc) is 2.64. The molecule has 0 bridgehead atoms. The van der Waals surface area contributed by atoms with Gasteiger partial charge in [0.1, 0.15) is 0 Å². The summed E-state index contributed by atoms with van der Waals surface area (Å²) in [5.74, 6) is 0.711. The highest BCUT2D eigenvalue weighted by Gasteiger charge is 2.41. The second kappa shape index (κ2) is 7.79. The van der Waals surface area contributed by atoms with Crippen LogP contribution < -0.4 is 20.3 Å². The number of ether oxygens (including phenoxy) is 1. The number of para-hydroxylation sites is 1. The Hall–Kier alpha value is -2.53. The van der Waals surface area contributed by atoms with E-state index in [1.165, 1.54) is 0 Å². The highest BCUT2D eigenvalue weighted by molar-refractivity contribution is 6.03. The highest BCUT2D eigenvalue weighted by Crippen LogP contribution is 2.43. The van der Waals surface area contributed by atoms with Gasteiger partial charge in [-0.3, -0.25) is 4.79 Å². The Morgan fingerprint density at radius 3 is 2.54 bits per heavy atom. The predicted octanol–water partition coefficient (Wildman–Crippen LogP) is 3.41. The Kier molecular flexibility index (Phi) is 5.47. The molecule has 1 aliphatic heterocycles. The van der Waals surface area contributed by atoms with Gasteiger partial charge >= 0.3 is 0 Å². The Morgan fingerprint density at radius 2 is 1.81 bits per heavy atom. The minimum atomic E-state index is -0.902.